The van der Waals surface area contributed by atoms with Gasteiger partial charge in [-0.2, -0.15) is 5.26 Å². The average molecular weight is 466 g/mol. The molecule has 2 rings (SSSR count). The lowest BCUT2D eigenvalue weighted by Gasteiger charge is -2.26. The maximum atomic E-state index is 13.8. The summed E-state index contributed by atoms with van der Waals surface area (Å²) in [5.74, 6) is 0.248. The van der Waals surface area contributed by atoms with Crippen LogP contribution in [0.15, 0.2) is 53.5 Å². The van der Waals surface area contributed by atoms with E-state index in [9.17, 15) is 4.39 Å². The SMILES string of the molecule is CN=C(NCc1cc(C#N)ccc1F)NCC(C)(C)c1ccccc1.I. The molecule has 0 unspecified atom stereocenters. The lowest BCUT2D eigenvalue weighted by Crippen LogP contribution is -2.43. The van der Waals surface area contributed by atoms with E-state index in [0.29, 0.717) is 23.6 Å². The lowest BCUT2D eigenvalue weighted by atomic mass is 9.85. The Bertz CT molecular complexity index is 782. The first-order valence-corrected chi connectivity index (χ1v) is 8.15. The molecule has 2 aromatic carbocycles. The van der Waals surface area contributed by atoms with Gasteiger partial charge in [0.15, 0.2) is 5.96 Å². The smallest absolute Gasteiger partial charge is 0.191 e. The average Bonchev–Trinajstić information content (AvgIpc) is 2.64. The Morgan fingerprint density at radius 3 is 2.46 bits per heavy atom. The number of rotatable bonds is 5. The molecule has 0 aromatic heterocycles. The highest BCUT2D eigenvalue weighted by molar-refractivity contribution is 14.0. The first-order chi connectivity index (χ1) is 12.0. The number of nitrogens with one attached hydrogen (secondary N) is 2. The highest BCUT2D eigenvalue weighted by Gasteiger charge is 2.20. The Morgan fingerprint density at radius 2 is 1.85 bits per heavy atom. The number of halogens is 2. The van der Waals surface area contributed by atoms with Crippen molar-refractivity contribution < 1.29 is 4.39 Å². The molecule has 26 heavy (non-hydrogen) atoms. The quantitative estimate of drug-likeness (QED) is 0.399. The van der Waals surface area contributed by atoms with E-state index >= 15 is 0 Å². The van der Waals surface area contributed by atoms with Crippen LogP contribution >= 0.6 is 24.0 Å². The van der Waals surface area contributed by atoms with Gasteiger partial charge in [-0.25, -0.2) is 4.39 Å². The second kappa shape index (κ2) is 10.1. The van der Waals surface area contributed by atoms with E-state index in [0.717, 1.165) is 0 Å². The third-order valence-corrected chi connectivity index (χ3v) is 4.10. The molecule has 0 heterocycles. The summed E-state index contributed by atoms with van der Waals surface area (Å²) in [6, 6.07) is 16.6. The first-order valence-electron chi connectivity index (χ1n) is 8.15. The first kappa shape index (κ1) is 21.9. The molecule has 2 aromatic rings. The Morgan fingerprint density at radius 1 is 1.15 bits per heavy atom. The molecule has 0 aliphatic carbocycles. The number of benzene rings is 2. The van der Waals surface area contributed by atoms with Gasteiger partial charge >= 0.3 is 0 Å². The van der Waals surface area contributed by atoms with Crippen LogP contribution in [0.3, 0.4) is 0 Å². The van der Waals surface area contributed by atoms with Crippen LogP contribution < -0.4 is 10.6 Å². The number of hydrogen-bond acceptors (Lipinski definition) is 2. The van der Waals surface area contributed by atoms with Gasteiger partial charge in [0.25, 0.3) is 0 Å². The van der Waals surface area contributed by atoms with Crippen LogP contribution in [0, 0.1) is 17.1 Å². The minimum atomic E-state index is -0.341. The molecule has 0 saturated heterocycles. The van der Waals surface area contributed by atoms with Crippen LogP contribution in [0.2, 0.25) is 0 Å². The Balaban J connectivity index is 0.00000338. The van der Waals surface area contributed by atoms with E-state index in [1.54, 1.807) is 13.1 Å². The fourth-order valence-corrected chi connectivity index (χ4v) is 2.48. The Kier molecular flexibility index (Phi) is 8.52. The van der Waals surface area contributed by atoms with Crippen LogP contribution in [-0.2, 0) is 12.0 Å². The zero-order chi connectivity index (χ0) is 18.3. The molecule has 0 aliphatic heterocycles. The molecule has 0 aliphatic rings. The third kappa shape index (κ3) is 5.99. The highest BCUT2D eigenvalue weighted by atomic mass is 127. The molecule has 4 nitrogen and oxygen atoms in total. The number of nitriles is 1. The van der Waals surface area contributed by atoms with Crippen molar-refractivity contribution in [1.29, 1.82) is 5.26 Å². The maximum Gasteiger partial charge on any atom is 0.191 e. The monoisotopic (exact) mass is 466 g/mol. The molecule has 138 valence electrons. The summed E-state index contributed by atoms with van der Waals surface area (Å²) >= 11 is 0. The van der Waals surface area contributed by atoms with Gasteiger partial charge in [0.2, 0.25) is 0 Å². The summed E-state index contributed by atoms with van der Waals surface area (Å²) in [5, 5.41) is 15.3. The zero-order valence-electron chi connectivity index (χ0n) is 15.2. The predicted octanol–water partition coefficient (Wildman–Crippen LogP) is 3.96. The molecule has 6 heteroatoms. The van der Waals surface area contributed by atoms with Crippen LogP contribution in [0.25, 0.3) is 0 Å². The van der Waals surface area contributed by atoms with Gasteiger partial charge in [-0.3, -0.25) is 4.99 Å². The van der Waals surface area contributed by atoms with Gasteiger partial charge < -0.3 is 10.6 Å². The fraction of sp³-hybridized carbons (Fsp3) is 0.300. The van der Waals surface area contributed by atoms with Crippen molar-refractivity contribution in [3.8, 4) is 6.07 Å². The summed E-state index contributed by atoms with van der Waals surface area (Å²) in [6.07, 6.45) is 0. The van der Waals surface area contributed by atoms with Crippen LogP contribution in [-0.4, -0.2) is 19.6 Å². The van der Waals surface area contributed by atoms with E-state index < -0.39 is 0 Å². The summed E-state index contributed by atoms with van der Waals surface area (Å²) in [5.41, 5.74) is 2.02. The molecule has 2 N–H and O–H groups in total. The molecule has 0 amide bonds. The Labute approximate surface area is 171 Å². The Hall–Kier alpha value is -2.14. The molecular formula is C20H24FIN4. The zero-order valence-corrected chi connectivity index (χ0v) is 17.5. The normalized spacial score (nSPS) is 11.3. The van der Waals surface area contributed by atoms with Crippen molar-refractivity contribution in [2.24, 2.45) is 4.99 Å². The van der Waals surface area contributed by atoms with Gasteiger partial charge in [-0.15, -0.1) is 24.0 Å². The van der Waals surface area contributed by atoms with E-state index in [1.807, 2.05) is 24.3 Å². The van der Waals surface area contributed by atoms with Crippen molar-refractivity contribution in [3.05, 3.63) is 71.0 Å². The van der Waals surface area contributed by atoms with Crippen LogP contribution in [0.4, 0.5) is 4.39 Å². The molecule has 0 spiro atoms. The topological polar surface area (TPSA) is 60.2 Å². The third-order valence-electron chi connectivity index (χ3n) is 4.10. The summed E-state index contributed by atoms with van der Waals surface area (Å²) in [7, 11) is 1.67. The molecule has 0 saturated carbocycles. The van der Waals surface area contributed by atoms with Crippen molar-refractivity contribution in [2.45, 2.75) is 25.8 Å². The fourth-order valence-electron chi connectivity index (χ4n) is 2.48. The van der Waals surface area contributed by atoms with E-state index in [4.69, 9.17) is 5.26 Å². The van der Waals surface area contributed by atoms with Crippen molar-refractivity contribution in [1.82, 2.24) is 10.6 Å². The summed E-state index contributed by atoms with van der Waals surface area (Å²) in [4.78, 5) is 4.18. The number of guanidine groups is 1. The second-order valence-corrected chi connectivity index (χ2v) is 6.45. The van der Waals surface area contributed by atoms with Crippen molar-refractivity contribution in [2.75, 3.05) is 13.6 Å². The van der Waals surface area contributed by atoms with Gasteiger partial charge in [0, 0.05) is 31.1 Å². The molecular weight excluding hydrogens is 442 g/mol. The van der Waals surface area contributed by atoms with Gasteiger partial charge in [0.05, 0.1) is 11.6 Å². The second-order valence-electron chi connectivity index (χ2n) is 6.45. The lowest BCUT2D eigenvalue weighted by molar-refractivity contribution is 0.508. The highest BCUT2D eigenvalue weighted by Crippen LogP contribution is 2.21. The predicted molar refractivity (Wildman–Crippen MR) is 114 cm³/mol. The summed E-state index contributed by atoms with van der Waals surface area (Å²) < 4.78 is 13.8. The van der Waals surface area contributed by atoms with E-state index in [2.05, 4.69) is 41.6 Å². The largest absolute Gasteiger partial charge is 0.356 e. The molecule has 0 atom stereocenters. The minimum absolute atomic E-state index is 0. The van der Waals surface area contributed by atoms with Crippen molar-refractivity contribution >= 4 is 29.9 Å². The minimum Gasteiger partial charge on any atom is -0.356 e. The van der Waals surface area contributed by atoms with Crippen molar-refractivity contribution in [3.63, 3.8) is 0 Å². The van der Waals surface area contributed by atoms with E-state index in [-0.39, 0.29) is 41.8 Å². The summed E-state index contributed by atoms with van der Waals surface area (Å²) in [6.45, 7) is 5.24. The van der Waals surface area contributed by atoms with E-state index in [1.165, 1.54) is 17.7 Å². The number of hydrogen-bond donors (Lipinski definition) is 2. The number of nitrogens with zero attached hydrogens (tertiary/aromatic N) is 2. The molecule has 0 radical (unpaired) electrons. The van der Waals surface area contributed by atoms with Gasteiger partial charge in [-0.1, -0.05) is 44.2 Å². The molecule has 0 fully saturated rings. The van der Waals surface area contributed by atoms with Crippen LogP contribution in [0.1, 0.15) is 30.5 Å². The maximum absolute atomic E-state index is 13.8. The number of aliphatic imine (C=N–C) groups is 1. The standard InChI is InChI=1S/C20H23FN4.HI/c1-20(2,17-7-5-4-6-8-17)14-25-19(23-3)24-13-16-11-15(12-22)9-10-18(16)21;/h4-11H,13-14H2,1-3H3,(H2,23,24,25);1H. The van der Waals surface area contributed by atoms with Gasteiger partial charge in [0.1, 0.15) is 5.82 Å². The van der Waals surface area contributed by atoms with Crippen LogP contribution in [0.5, 0.6) is 0 Å². The molecule has 0 bridgehead atoms. The van der Waals surface area contributed by atoms with Gasteiger partial charge in [-0.05, 0) is 23.8 Å².